The maximum absolute atomic E-state index is 12.9. The van der Waals surface area contributed by atoms with Crippen molar-refractivity contribution in [3.63, 3.8) is 0 Å². The zero-order chi connectivity index (χ0) is 23.7. The smallest absolute Gasteiger partial charge is 0.260 e. The molecule has 0 atom stereocenters. The monoisotopic (exact) mass is 465 g/mol. The predicted octanol–water partition coefficient (Wildman–Crippen LogP) is 4.34. The van der Waals surface area contributed by atoms with Crippen molar-refractivity contribution in [2.75, 3.05) is 27.4 Å². The van der Waals surface area contributed by atoms with Crippen molar-refractivity contribution in [3.05, 3.63) is 47.0 Å². The molecule has 7 nitrogen and oxygen atoms in total. The van der Waals surface area contributed by atoms with Crippen LogP contribution in [0.4, 0.5) is 0 Å². The van der Waals surface area contributed by atoms with Gasteiger partial charge < -0.3 is 23.8 Å². The summed E-state index contributed by atoms with van der Waals surface area (Å²) in [6.07, 6.45) is 6.39. The summed E-state index contributed by atoms with van der Waals surface area (Å²) in [4.78, 5) is 27.4. The molecule has 0 bridgehead atoms. The molecule has 180 valence electrons. The summed E-state index contributed by atoms with van der Waals surface area (Å²) in [6, 6.07) is 9.19. The van der Waals surface area contributed by atoms with Crippen LogP contribution in [0.25, 0.3) is 0 Å². The summed E-state index contributed by atoms with van der Waals surface area (Å²) in [5.41, 5.74) is 2.44. The fraction of sp³-hybridized carbons (Fsp3) is 0.481. The zero-order valence-electron chi connectivity index (χ0n) is 19.9. The third-order valence-electron chi connectivity index (χ3n) is 7.26. The Labute approximate surface area is 199 Å². The van der Waals surface area contributed by atoms with E-state index in [0.717, 1.165) is 43.2 Å². The summed E-state index contributed by atoms with van der Waals surface area (Å²) in [5, 5.41) is 0. The number of hydrogen-bond acceptors (Lipinski definition) is 6. The molecule has 3 aliphatic rings. The number of amides is 1. The Balaban J connectivity index is 1.24. The molecule has 2 aromatic rings. The topological polar surface area (TPSA) is 74.3 Å². The summed E-state index contributed by atoms with van der Waals surface area (Å²) in [5.74, 6) is 2.52. The molecule has 0 saturated heterocycles. The van der Waals surface area contributed by atoms with Crippen LogP contribution in [0.2, 0.25) is 0 Å². The second kappa shape index (κ2) is 9.20. The van der Waals surface area contributed by atoms with Gasteiger partial charge in [0.25, 0.3) is 5.91 Å². The lowest BCUT2D eigenvalue weighted by atomic mass is 9.78. The predicted molar refractivity (Wildman–Crippen MR) is 126 cm³/mol. The number of carbonyl (C=O) groups excluding carboxylic acids is 2. The Morgan fingerprint density at radius 3 is 2.50 bits per heavy atom. The molecule has 1 saturated carbocycles. The van der Waals surface area contributed by atoms with Gasteiger partial charge in [-0.05, 0) is 67.5 Å². The highest BCUT2D eigenvalue weighted by Gasteiger charge is 2.41. The lowest BCUT2D eigenvalue weighted by molar-refractivity contribution is -0.134. The Morgan fingerprint density at radius 2 is 1.76 bits per heavy atom. The molecule has 2 aromatic carbocycles. The fourth-order valence-corrected chi connectivity index (χ4v) is 5.37. The minimum Gasteiger partial charge on any atom is -0.493 e. The molecule has 2 heterocycles. The largest absolute Gasteiger partial charge is 0.493 e. The van der Waals surface area contributed by atoms with Gasteiger partial charge in [-0.1, -0.05) is 6.42 Å². The Morgan fingerprint density at radius 1 is 1.03 bits per heavy atom. The summed E-state index contributed by atoms with van der Waals surface area (Å²) in [7, 11) is 3.23. The highest BCUT2D eigenvalue weighted by atomic mass is 16.5. The van der Waals surface area contributed by atoms with E-state index in [4.69, 9.17) is 18.9 Å². The van der Waals surface area contributed by atoms with E-state index in [0.29, 0.717) is 48.1 Å². The van der Waals surface area contributed by atoms with Gasteiger partial charge in [-0.3, -0.25) is 9.59 Å². The zero-order valence-corrected chi connectivity index (χ0v) is 19.9. The van der Waals surface area contributed by atoms with Gasteiger partial charge in [-0.25, -0.2) is 0 Å². The number of fused-ring (bicyclic) bond motifs is 2. The lowest BCUT2D eigenvalue weighted by Crippen LogP contribution is -2.43. The molecule has 0 aromatic heterocycles. The molecular weight excluding hydrogens is 434 g/mol. The normalized spacial score (nSPS) is 18.5. The van der Waals surface area contributed by atoms with Crippen LogP contribution in [0.5, 0.6) is 23.0 Å². The van der Waals surface area contributed by atoms with E-state index in [-0.39, 0.29) is 23.9 Å². The summed E-state index contributed by atoms with van der Waals surface area (Å²) in [6.45, 7) is 1.05. The number of ketones is 1. The highest BCUT2D eigenvalue weighted by molar-refractivity contribution is 6.00. The molecule has 1 spiro atoms. The van der Waals surface area contributed by atoms with Crippen molar-refractivity contribution in [1.29, 1.82) is 0 Å². The van der Waals surface area contributed by atoms with Crippen molar-refractivity contribution in [2.45, 2.75) is 57.1 Å². The first kappa shape index (κ1) is 22.6. The molecule has 0 N–H and O–H groups in total. The summed E-state index contributed by atoms with van der Waals surface area (Å²) < 4.78 is 23.0. The van der Waals surface area contributed by atoms with Crippen LogP contribution in [0.3, 0.4) is 0 Å². The molecule has 5 rings (SSSR count). The van der Waals surface area contributed by atoms with E-state index in [1.165, 1.54) is 6.42 Å². The van der Waals surface area contributed by atoms with Crippen molar-refractivity contribution in [3.8, 4) is 23.0 Å². The lowest BCUT2D eigenvalue weighted by Gasteiger charge is -2.40. The molecule has 34 heavy (non-hydrogen) atoms. The van der Waals surface area contributed by atoms with E-state index in [9.17, 15) is 9.59 Å². The van der Waals surface area contributed by atoms with E-state index >= 15 is 0 Å². The molecule has 7 heteroatoms. The number of hydrogen-bond donors (Lipinski definition) is 0. The van der Waals surface area contributed by atoms with Crippen LogP contribution in [0.15, 0.2) is 30.3 Å². The Bertz CT molecular complexity index is 1100. The first-order valence-electron chi connectivity index (χ1n) is 12.0. The van der Waals surface area contributed by atoms with Crippen molar-refractivity contribution < 1.29 is 28.5 Å². The molecule has 1 aliphatic carbocycles. The second-order valence-corrected chi connectivity index (χ2v) is 9.43. The van der Waals surface area contributed by atoms with E-state index < -0.39 is 0 Å². The standard InChI is InChI=1S/C27H31NO6/c1-31-24-12-18-8-11-28(16-19(18)13-25(24)32-2)26(30)17-33-20-6-7-21-22(29)15-27(34-23(21)14-20)9-4-3-5-10-27/h6-7,12-14H,3-5,8-11,15-17H2,1-2H3. The average molecular weight is 466 g/mol. The average Bonchev–Trinajstić information content (AvgIpc) is 2.86. The van der Waals surface area contributed by atoms with Gasteiger partial charge in [-0.15, -0.1) is 0 Å². The number of Topliss-reactive ketones (excluding diaryl/α,β-unsaturated/α-hetero) is 1. The highest BCUT2D eigenvalue weighted by Crippen LogP contribution is 2.43. The third kappa shape index (κ3) is 4.31. The van der Waals surface area contributed by atoms with Gasteiger partial charge in [0.2, 0.25) is 0 Å². The number of methoxy groups -OCH3 is 2. The van der Waals surface area contributed by atoms with E-state index in [2.05, 4.69) is 0 Å². The summed E-state index contributed by atoms with van der Waals surface area (Å²) >= 11 is 0. The fourth-order valence-electron chi connectivity index (χ4n) is 5.37. The number of ether oxygens (including phenoxy) is 4. The third-order valence-corrected chi connectivity index (χ3v) is 7.26. The Hall–Kier alpha value is -3.22. The van der Waals surface area contributed by atoms with E-state index in [1.807, 2.05) is 12.1 Å². The minimum absolute atomic E-state index is 0.0689. The van der Waals surface area contributed by atoms with Crippen LogP contribution >= 0.6 is 0 Å². The van der Waals surface area contributed by atoms with Gasteiger partial charge in [-0.2, -0.15) is 0 Å². The van der Waals surface area contributed by atoms with Gasteiger partial charge in [0.05, 0.1) is 26.2 Å². The van der Waals surface area contributed by atoms with E-state index in [1.54, 1.807) is 37.3 Å². The number of carbonyl (C=O) groups is 2. The van der Waals surface area contributed by atoms with Crippen molar-refractivity contribution >= 4 is 11.7 Å². The molecule has 1 fully saturated rings. The first-order valence-corrected chi connectivity index (χ1v) is 12.0. The maximum Gasteiger partial charge on any atom is 0.260 e. The number of rotatable bonds is 5. The van der Waals surface area contributed by atoms with Crippen LogP contribution < -0.4 is 18.9 Å². The second-order valence-electron chi connectivity index (χ2n) is 9.43. The Kier molecular flexibility index (Phi) is 6.11. The molecule has 0 unspecified atom stereocenters. The van der Waals surface area contributed by atoms with Gasteiger partial charge >= 0.3 is 0 Å². The minimum atomic E-state index is -0.373. The van der Waals surface area contributed by atoms with Crippen LogP contribution in [-0.2, 0) is 17.8 Å². The van der Waals surface area contributed by atoms with Crippen LogP contribution in [0, 0.1) is 0 Å². The molecular formula is C27H31NO6. The van der Waals surface area contributed by atoms with Crippen LogP contribution in [-0.4, -0.2) is 49.6 Å². The number of nitrogens with zero attached hydrogens (tertiary/aromatic N) is 1. The van der Waals surface area contributed by atoms with Gasteiger partial charge in [0.1, 0.15) is 17.1 Å². The van der Waals surface area contributed by atoms with Gasteiger partial charge in [0.15, 0.2) is 23.9 Å². The first-order chi connectivity index (χ1) is 16.5. The molecule has 1 amide bonds. The molecule has 2 aliphatic heterocycles. The SMILES string of the molecule is COc1cc2c(cc1OC)CN(C(=O)COc1ccc3c(c1)OC1(CCCCC1)CC3=O)CC2. The quantitative estimate of drug-likeness (QED) is 0.654. The number of benzene rings is 2. The van der Waals surface area contributed by atoms with Crippen molar-refractivity contribution in [1.82, 2.24) is 4.90 Å². The van der Waals surface area contributed by atoms with Crippen molar-refractivity contribution in [2.24, 2.45) is 0 Å². The van der Waals surface area contributed by atoms with Gasteiger partial charge in [0, 0.05) is 19.2 Å². The molecule has 0 radical (unpaired) electrons. The maximum atomic E-state index is 12.9. The van der Waals surface area contributed by atoms with Crippen LogP contribution in [0.1, 0.15) is 60.0 Å².